The van der Waals surface area contributed by atoms with Gasteiger partial charge in [-0.3, -0.25) is 14.4 Å². The normalized spacial score (nSPS) is 22.1. The van der Waals surface area contributed by atoms with E-state index >= 15 is 0 Å². The molecule has 0 aromatic carbocycles. The second kappa shape index (κ2) is 14.8. The Hall–Kier alpha value is -1.10. The molecule has 2 unspecified atom stereocenters. The molecule has 3 atom stereocenters. The molecule has 28 heavy (non-hydrogen) atoms. The first-order valence-electron chi connectivity index (χ1n) is 10.9. The number of esters is 1. The Morgan fingerprint density at radius 3 is 2.54 bits per heavy atom. The Balaban J connectivity index is 2.33. The van der Waals surface area contributed by atoms with Gasteiger partial charge in [-0.2, -0.15) is 12.6 Å². The maximum Gasteiger partial charge on any atom is 0.305 e. The third-order valence-corrected chi connectivity index (χ3v) is 6.25. The van der Waals surface area contributed by atoms with Crippen molar-refractivity contribution in [1.82, 2.24) is 0 Å². The number of methoxy groups -OCH3 is 1. The maximum absolute atomic E-state index is 12.3. The lowest BCUT2D eigenvalue weighted by Gasteiger charge is -2.20. The van der Waals surface area contributed by atoms with Crippen LogP contribution in [-0.4, -0.2) is 29.9 Å². The monoisotopic (exact) mass is 410 g/mol. The molecule has 0 aliphatic heterocycles. The Morgan fingerprint density at radius 2 is 1.82 bits per heavy atom. The summed E-state index contributed by atoms with van der Waals surface area (Å²) in [7, 11) is 1.40. The number of thiol groups is 1. The fourth-order valence-electron chi connectivity index (χ4n) is 3.92. The van der Waals surface area contributed by atoms with E-state index in [1.165, 1.54) is 26.4 Å². The molecule has 0 N–H and O–H groups in total. The van der Waals surface area contributed by atoms with Crippen LogP contribution in [0.4, 0.5) is 0 Å². The fraction of sp³-hybridized carbons (Fsp3) is 0.783. The van der Waals surface area contributed by atoms with Crippen molar-refractivity contribution in [2.75, 3.05) is 7.11 Å². The minimum Gasteiger partial charge on any atom is -0.469 e. The first kappa shape index (κ1) is 24.9. The van der Waals surface area contributed by atoms with E-state index in [4.69, 9.17) is 0 Å². The average molecular weight is 411 g/mol. The molecule has 0 saturated heterocycles. The molecule has 1 rings (SSSR count). The van der Waals surface area contributed by atoms with Crippen molar-refractivity contribution in [3.8, 4) is 0 Å². The zero-order valence-electron chi connectivity index (χ0n) is 17.7. The summed E-state index contributed by atoms with van der Waals surface area (Å²) < 4.78 is 4.62. The van der Waals surface area contributed by atoms with Gasteiger partial charge in [0.1, 0.15) is 11.6 Å². The average Bonchev–Trinajstić information content (AvgIpc) is 2.94. The quantitative estimate of drug-likeness (QED) is 0.168. The predicted octanol–water partition coefficient (Wildman–Crippen LogP) is 5.49. The third kappa shape index (κ3) is 9.90. The smallest absolute Gasteiger partial charge is 0.305 e. The van der Waals surface area contributed by atoms with Gasteiger partial charge in [0.05, 0.1) is 7.11 Å². The molecular weight excluding hydrogens is 372 g/mol. The van der Waals surface area contributed by atoms with Gasteiger partial charge in [-0.25, -0.2) is 0 Å². The van der Waals surface area contributed by atoms with Gasteiger partial charge < -0.3 is 4.74 Å². The Labute approximate surface area is 176 Å². The van der Waals surface area contributed by atoms with E-state index in [0.29, 0.717) is 37.9 Å². The van der Waals surface area contributed by atoms with Crippen LogP contribution in [0.25, 0.3) is 0 Å². The molecule has 4 nitrogen and oxygen atoms in total. The van der Waals surface area contributed by atoms with Crippen molar-refractivity contribution in [1.29, 1.82) is 0 Å². The van der Waals surface area contributed by atoms with Crippen molar-refractivity contribution in [2.24, 2.45) is 11.8 Å². The second-order valence-electron chi connectivity index (χ2n) is 7.93. The number of ketones is 2. The van der Waals surface area contributed by atoms with E-state index < -0.39 is 0 Å². The number of unbranched alkanes of at least 4 members (excludes halogenated alkanes) is 5. The molecular formula is C23H38O4S. The van der Waals surface area contributed by atoms with Crippen LogP contribution in [0.1, 0.15) is 90.4 Å². The summed E-state index contributed by atoms with van der Waals surface area (Å²) >= 11 is 4.62. The summed E-state index contributed by atoms with van der Waals surface area (Å²) in [5.41, 5.74) is 0. The summed E-state index contributed by atoms with van der Waals surface area (Å²) in [6, 6.07) is 0. The molecule has 0 amide bonds. The third-order valence-electron chi connectivity index (χ3n) is 5.69. The van der Waals surface area contributed by atoms with E-state index in [0.717, 1.165) is 32.1 Å². The predicted molar refractivity (Wildman–Crippen MR) is 117 cm³/mol. The van der Waals surface area contributed by atoms with Gasteiger partial charge >= 0.3 is 5.97 Å². The zero-order valence-corrected chi connectivity index (χ0v) is 18.6. The van der Waals surface area contributed by atoms with Gasteiger partial charge in [0.2, 0.25) is 0 Å². The number of carbonyl (C=O) groups is 3. The van der Waals surface area contributed by atoms with Crippen LogP contribution in [-0.2, 0) is 19.1 Å². The van der Waals surface area contributed by atoms with Crippen LogP contribution in [0.2, 0.25) is 0 Å². The molecule has 0 radical (unpaired) electrons. The van der Waals surface area contributed by atoms with Gasteiger partial charge in [0, 0.05) is 36.9 Å². The standard InChI is InChI=1S/C23H38O4S/c1-3-4-5-6-9-12-18(24)15-16-20-19(21(25)17-22(20)28)13-10-7-8-11-14-23(26)27-2/h7,10,19-20,22,28H,3-6,8-9,11-17H2,1-2H3/t19?,20?,22-/m1/s1. The highest BCUT2D eigenvalue weighted by Gasteiger charge is 2.39. The Kier molecular flexibility index (Phi) is 13.2. The van der Waals surface area contributed by atoms with Crippen LogP contribution in [0.15, 0.2) is 12.2 Å². The number of hydrogen-bond donors (Lipinski definition) is 1. The molecule has 0 spiro atoms. The SMILES string of the molecule is CCCCCCCC(=O)CCC1C(CC=CCCCC(=O)OC)C(=O)C[C@H]1S. The molecule has 0 aromatic heterocycles. The number of rotatable bonds is 15. The number of allylic oxidation sites excluding steroid dienone is 2. The summed E-state index contributed by atoms with van der Waals surface area (Å²) in [5.74, 6) is 0.591. The van der Waals surface area contributed by atoms with E-state index in [1.807, 2.05) is 12.2 Å². The lowest BCUT2D eigenvalue weighted by Crippen LogP contribution is -2.19. The number of ether oxygens (including phenoxy) is 1. The first-order valence-corrected chi connectivity index (χ1v) is 11.5. The molecule has 0 heterocycles. The molecule has 1 aliphatic rings. The Morgan fingerprint density at radius 1 is 1.07 bits per heavy atom. The first-order chi connectivity index (χ1) is 13.5. The van der Waals surface area contributed by atoms with Gasteiger partial charge in [-0.05, 0) is 38.0 Å². The van der Waals surface area contributed by atoms with Crippen molar-refractivity contribution in [3.63, 3.8) is 0 Å². The molecule has 1 fully saturated rings. The second-order valence-corrected chi connectivity index (χ2v) is 8.59. The minimum atomic E-state index is -0.188. The number of Topliss-reactive ketones (excluding diaryl/α,β-unsaturated/α-hetero) is 2. The van der Waals surface area contributed by atoms with Crippen LogP contribution >= 0.6 is 12.6 Å². The molecule has 1 aliphatic carbocycles. The maximum atomic E-state index is 12.3. The minimum absolute atomic E-state index is 0.0169. The van der Waals surface area contributed by atoms with Crippen LogP contribution < -0.4 is 0 Å². The van der Waals surface area contributed by atoms with Crippen LogP contribution in [0.5, 0.6) is 0 Å². The molecule has 0 aromatic rings. The summed E-state index contributed by atoms with van der Waals surface area (Å²) in [4.78, 5) is 35.6. The van der Waals surface area contributed by atoms with E-state index in [1.54, 1.807) is 0 Å². The van der Waals surface area contributed by atoms with Gasteiger partial charge in [0.15, 0.2) is 0 Å². The van der Waals surface area contributed by atoms with Crippen LogP contribution in [0, 0.1) is 11.8 Å². The Bertz CT molecular complexity index is 515. The molecule has 0 bridgehead atoms. The summed E-state index contributed by atoms with van der Waals surface area (Å²) in [6.07, 6.45) is 15.1. The highest BCUT2D eigenvalue weighted by atomic mass is 32.1. The molecule has 160 valence electrons. The highest BCUT2D eigenvalue weighted by molar-refractivity contribution is 7.81. The lowest BCUT2D eigenvalue weighted by atomic mass is 9.87. The molecule has 5 heteroatoms. The topological polar surface area (TPSA) is 60.4 Å². The van der Waals surface area contributed by atoms with Crippen molar-refractivity contribution >= 4 is 30.2 Å². The fourth-order valence-corrected chi connectivity index (χ4v) is 4.46. The van der Waals surface area contributed by atoms with Crippen molar-refractivity contribution in [3.05, 3.63) is 12.2 Å². The van der Waals surface area contributed by atoms with Gasteiger partial charge in [-0.1, -0.05) is 44.8 Å². The van der Waals surface area contributed by atoms with Crippen molar-refractivity contribution in [2.45, 2.75) is 95.6 Å². The molecule has 1 saturated carbocycles. The summed E-state index contributed by atoms with van der Waals surface area (Å²) in [6.45, 7) is 2.19. The number of hydrogen-bond acceptors (Lipinski definition) is 5. The summed E-state index contributed by atoms with van der Waals surface area (Å²) in [5, 5.41) is 0.0718. The zero-order chi connectivity index (χ0) is 20.8. The van der Waals surface area contributed by atoms with Crippen LogP contribution in [0.3, 0.4) is 0 Å². The van der Waals surface area contributed by atoms with Gasteiger partial charge in [-0.15, -0.1) is 0 Å². The van der Waals surface area contributed by atoms with E-state index in [-0.39, 0.29) is 28.8 Å². The number of carbonyl (C=O) groups excluding carboxylic acids is 3. The van der Waals surface area contributed by atoms with E-state index in [2.05, 4.69) is 24.3 Å². The van der Waals surface area contributed by atoms with Gasteiger partial charge in [0.25, 0.3) is 0 Å². The lowest BCUT2D eigenvalue weighted by molar-refractivity contribution is -0.140. The largest absolute Gasteiger partial charge is 0.469 e. The van der Waals surface area contributed by atoms with Crippen molar-refractivity contribution < 1.29 is 19.1 Å². The highest BCUT2D eigenvalue weighted by Crippen LogP contribution is 2.38. The van der Waals surface area contributed by atoms with E-state index in [9.17, 15) is 14.4 Å².